The Morgan fingerprint density at radius 3 is 1.90 bits per heavy atom. The molecule has 0 saturated heterocycles. The predicted molar refractivity (Wildman–Crippen MR) is 264 cm³/mol. The van der Waals surface area contributed by atoms with Crippen LogP contribution in [0.3, 0.4) is 0 Å². The Labute approximate surface area is 366 Å². The van der Waals surface area contributed by atoms with E-state index in [2.05, 4.69) is 139 Å². The second-order valence-electron chi connectivity index (χ2n) is 15.6. The standard InChI is InChI=1S/C57H36N4OS/c1-3-17-35(4-2)46-32-39(57-59-55(37-20-9-6-10-21-37)58-56(60-57)38-28-29-42-41-23-12-15-26-49(41)62-50(42)34-38)33-47(36-18-7-5-8-19-36)52(46)61-48-25-14-11-22-40(48)44-30-31-45-43-24-13-16-27-51(43)63-54(45)53(44)61/h3-34H,1-2H2/b35-17+. The van der Waals surface area contributed by atoms with Crippen molar-refractivity contribution in [3.63, 3.8) is 0 Å². The molecule has 63 heavy (non-hydrogen) atoms. The summed E-state index contributed by atoms with van der Waals surface area (Å²) in [4.78, 5) is 15.6. The maximum atomic E-state index is 6.34. The molecule has 0 spiro atoms. The normalized spacial score (nSPS) is 12.0. The van der Waals surface area contributed by atoms with E-state index >= 15 is 0 Å². The van der Waals surface area contributed by atoms with Crippen LogP contribution < -0.4 is 0 Å². The van der Waals surface area contributed by atoms with Crippen LogP contribution in [0.15, 0.2) is 212 Å². The molecule has 0 N–H and O–H groups in total. The number of benzene rings is 8. The Morgan fingerprint density at radius 1 is 0.508 bits per heavy atom. The summed E-state index contributed by atoms with van der Waals surface area (Å²) in [6.45, 7) is 8.51. The van der Waals surface area contributed by atoms with Gasteiger partial charge in [0.05, 0.1) is 21.4 Å². The first-order valence-electron chi connectivity index (χ1n) is 20.9. The van der Waals surface area contributed by atoms with Gasteiger partial charge in [-0.2, -0.15) is 0 Å². The zero-order valence-electron chi connectivity index (χ0n) is 34.0. The van der Waals surface area contributed by atoms with Crippen LogP contribution in [-0.2, 0) is 0 Å². The summed E-state index contributed by atoms with van der Waals surface area (Å²) < 4.78 is 11.3. The van der Waals surface area contributed by atoms with E-state index in [0.29, 0.717) is 17.5 Å². The van der Waals surface area contributed by atoms with Gasteiger partial charge in [0.2, 0.25) is 0 Å². The average Bonchev–Trinajstić information content (AvgIpc) is 4.03. The Hall–Kier alpha value is -8.19. The molecule has 5 nitrogen and oxygen atoms in total. The number of allylic oxidation sites excluding steroid dienone is 4. The maximum absolute atomic E-state index is 6.34. The van der Waals surface area contributed by atoms with Crippen molar-refractivity contribution in [1.82, 2.24) is 19.5 Å². The van der Waals surface area contributed by atoms with Gasteiger partial charge in [-0.15, -0.1) is 11.3 Å². The van der Waals surface area contributed by atoms with Crippen molar-refractivity contribution in [3.8, 4) is 51.0 Å². The number of hydrogen-bond donors (Lipinski definition) is 0. The molecule has 0 saturated carbocycles. The topological polar surface area (TPSA) is 56.7 Å². The van der Waals surface area contributed by atoms with E-state index < -0.39 is 0 Å². The van der Waals surface area contributed by atoms with Crippen LogP contribution >= 0.6 is 11.3 Å². The van der Waals surface area contributed by atoms with E-state index in [1.54, 1.807) is 0 Å². The van der Waals surface area contributed by atoms with Crippen LogP contribution in [-0.4, -0.2) is 19.5 Å². The monoisotopic (exact) mass is 824 g/mol. The third-order valence-electron chi connectivity index (χ3n) is 12.0. The molecule has 4 aromatic heterocycles. The fourth-order valence-electron chi connectivity index (χ4n) is 9.14. The van der Waals surface area contributed by atoms with Crippen molar-refractivity contribution >= 4 is 80.8 Å². The maximum Gasteiger partial charge on any atom is 0.164 e. The first kappa shape index (κ1) is 36.6. The fourth-order valence-corrected chi connectivity index (χ4v) is 10.4. The molecule has 4 heterocycles. The molecule has 0 bridgehead atoms. The molecular formula is C57H36N4OS. The fraction of sp³-hybridized carbons (Fsp3) is 0. The number of aromatic nitrogens is 4. The van der Waals surface area contributed by atoms with Gasteiger partial charge in [-0.25, -0.2) is 15.0 Å². The summed E-state index contributed by atoms with van der Waals surface area (Å²) >= 11 is 1.84. The van der Waals surface area contributed by atoms with E-state index in [-0.39, 0.29) is 0 Å². The molecule has 12 rings (SSSR count). The summed E-state index contributed by atoms with van der Waals surface area (Å²) in [6.07, 6.45) is 5.78. The Kier molecular flexibility index (Phi) is 8.59. The third-order valence-corrected chi connectivity index (χ3v) is 13.2. The van der Waals surface area contributed by atoms with Gasteiger partial charge in [0, 0.05) is 64.8 Å². The first-order valence-corrected chi connectivity index (χ1v) is 21.7. The van der Waals surface area contributed by atoms with Crippen molar-refractivity contribution in [1.29, 1.82) is 0 Å². The van der Waals surface area contributed by atoms with Gasteiger partial charge in [0.1, 0.15) is 11.2 Å². The highest BCUT2D eigenvalue weighted by molar-refractivity contribution is 7.26. The Balaban J connectivity index is 1.19. The lowest BCUT2D eigenvalue weighted by atomic mass is 9.92. The second kappa shape index (κ2) is 14.8. The van der Waals surface area contributed by atoms with Gasteiger partial charge in [0.15, 0.2) is 17.5 Å². The smallest absolute Gasteiger partial charge is 0.164 e. The summed E-state index contributed by atoms with van der Waals surface area (Å²) in [5.41, 5.74) is 11.4. The Bertz CT molecular complexity index is 3840. The minimum absolute atomic E-state index is 0.546. The molecule has 0 radical (unpaired) electrons. The number of fused-ring (bicyclic) bond motifs is 10. The second-order valence-corrected chi connectivity index (χ2v) is 16.7. The van der Waals surface area contributed by atoms with Crippen molar-refractivity contribution in [2.24, 2.45) is 0 Å². The highest BCUT2D eigenvalue weighted by atomic mass is 32.1. The largest absolute Gasteiger partial charge is 0.456 e. The number of hydrogen-bond acceptors (Lipinski definition) is 5. The van der Waals surface area contributed by atoms with Crippen molar-refractivity contribution < 1.29 is 4.42 Å². The zero-order valence-corrected chi connectivity index (χ0v) is 34.8. The lowest BCUT2D eigenvalue weighted by Gasteiger charge is -2.21. The van der Waals surface area contributed by atoms with Crippen LogP contribution in [0.4, 0.5) is 0 Å². The van der Waals surface area contributed by atoms with Crippen molar-refractivity contribution in [2.75, 3.05) is 0 Å². The minimum Gasteiger partial charge on any atom is -0.456 e. The zero-order chi connectivity index (χ0) is 42.0. The SMILES string of the molecule is C=C/C=C(\C=C)c1cc(-c2nc(-c3ccccc3)nc(-c3ccc4c(c3)oc3ccccc34)n2)cc(-c2ccccc2)c1-n1c2ccccc2c2ccc3c4ccccc4sc3c21. The van der Waals surface area contributed by atoms with Crippen LogP contribution in [0.5, 0.6) is 0 Å². The predicted octanol–water partition coefficient (Wildman–Crippen LogP) is 15.7. The van der Waals surface area contributed by atoms with E-state index in [9.17, 15) is 0 Å². The lowest BCUT2D eigenvalue weighted by Crippen LogP contribution is -2.05. The van der Waals surface area contributed by atoms with Gasteiger partial charge in [0.25, 0.3) is 0 Å². The van der Waals surface area contributed by atoms with E-state index in [1.165, 1.54) is 30.9 Å². The van der Waals surface area contributed by atoms with E-state index in [1.807, 2.05) is 84.2 Å². The average molecular weight is 825 g/mol. The number of para-hydroxylation sites is 2. The van der Waals surface area contributed by atoms with Gasteiger partial charge in [-0.05, 0) is 53.6 Å². The number of thiophene rings is 1. The lowest BCUT2D eigenvalue weighted by molar-refractivity contribution is 0.669. The molecule has 6 heteroatoms. The molecule has 0 atom stereocenters. The molecule has 0 fully saturated rings. The number of nitrogens with zero attached hydrogens (tertiary/aromatic N) is 4. The quantitative estimate of drug-likeness (QED) is 0.143. The van der Waals surface area contributed by atoms with Gasteiger partial charge < -0.3 is 8.98 Å². The minimum atomic E-state index is 0.546. The van der Waals surface area contributed by atoms with Gasteiger partial charge in [-0.3, -0.25) is 0 Å². The molecule has 0 amide bonds. The van der Waals surface area contributed by atoms with E-state index in [4.69, 9.17) is 19.4 Å². The molecule has 12 aromatic rings. The number of rotatable bonds is 8. The highest BCUT2D eigenvalue weighted by Crippen LogP contribution is 2.47. The van der Waals surface area contributed by atoms with Crippen molar-refractivity contribution in [3.05, 3.63) is 213 Å². The number of furan rings is 1. The van der Waals surface area contributed by atoms with Gasteiger partial charge >= 0.3 is 0 Å². The third kappa shape index (κ3) is 5.95. The summed E-state index contributed by atoms with van der Waals surface area (Å²) in [6, 6.07) is 61.5. The molecule has 0 aliphatic heterocycles. The molecule has 0 aliphatic carbocycles. The summed E-state index contributed by atoms with van der Waals surface area (Å²) in [5, 5.41) is 7.00. The molecule has 0 aliphatic rings. The Morgan fingerprint density at radius 2 is 1.13 bits per heavy atom. The van der Waals surface area contributed by atoms with Crippen LogP contribution in [0.2, 0.25) is 0 Å². The van der Waals surface area contributed by atoms with Crippen LogP contribution in [0.25, 0.3) is 120 Å². The van der Waals surface area contributed by atoms with Crippen LogP contribution in [0.1, 0.15) is 5.56 Å². The molecular weight excluding hydrogens is 789 g/mol. The summed E-state index contributed by atoms with van der Waals surface area (Å²) in [7, 11) is 0. The summed E-state index contributed by atoms with van der Waals surface area (Å²) in [5.74, 6) is 1.67. The highest BCUT2D eigenvalue weighted by Gasteiger charge is 2.25. The molecule has 296 valence electrons. The van der Waals surface area contributed by atoms with Gasteiger partial charge in [-0.1, -0.05) is 165 Å². The van der Waals surface area contributed by atoms with E-state index in [0.717, 1.165) is 77.6 Å². The van der Waals surface area contributed by atoms with Crippen molar-refractivity contribution in [2.45, 2.75) is 0 Å². The molecule has 8 aromatic carbocycles. The first-order chi connectivity index (χ1) is 31.1. The van der Waals surface area contributed by atoms with Crippen LogP contribution in [0, 0.1) is 0 Å². The molecule has 0 unspecified atom stereocenters.